The van der Waals surface area contributed by atoms with Gasteiger partial charge in [-0.25, -0.2) is 9.78 Å². The van der Waals surface area contributed by atoms with Gasteiger partial charge in [0, 0.05) is 25.4 Å². The molecule has 1 heterocycles. The van der Waals surface area contributed by atoms with Gasteiger partial charge in [-0.2, -0.15) is 0 Å². The lowest BCUT2D eigenvalue weighted by molar-refractivity contribution is 0.112. The predicted octanol–water partition coefficient (Wildman–Crippen LogP) is 2.62. The maximum atomic E-state index is 11.1. The third kappa shape index (κ3) is 3.56. The molecule has 0 unspecified atom stereocenters. The van der Waals surface area contributed by atoms with Crippen LogP contribution < -0.4 is 10.2 Å². The fourth-order valence-corrected chi connectivity index (χ4v) is 2.02. The predicted molar refractivity (Wildman–Crippen MR) is 79.8 cm³/mol. The first-order valence-electron chi connectivity index (χ1n) is 6.31. The van der Waals surface area contributed by atoms with Crippen molar-refractivity contribution in [1.29, 1.82) is 0 Å². The number of carbonyl (C=O) groups is 2. The summed E-state index contributed by atoms with van der Waals surface area (Å²) < 4.78 is 0. The highest BCUT2D eigenvalue weighted by atomic mass is 16.4. The molecule has 0 bridgehead atoms. The number of hydrogen-bond donors (Lipinski definition) is 2. The maximum absolute atomic E-state index is 11.1. The van der Waals surface area contributed by atoms with Crippen molar-refractivity contribution in [1.82, 2.24) is 4.98 Å². The van der Waals surface area contributed by atoms with Gasteiger partial charge in [-0.15, -0.1) is 0 Å². The molecule has 2 N–H and O–H groups in total. The van der Waals surface area contributed by atoms with E-state index in [1.165, 1.54) is 12.3 Å². The smallest absolute Gasteiger partial charge is 0.409 e. The van der Waals surface area contributed by atoms with Crippen LogP contribution in [0.25, 0.3) is 0 Å². The Kier molecular flexibility index (Phi) is 4.50. The summed E-state index contributed by atoms with van der Waals surface area (Å²) in [7, 11) is 1.79. The molecule has 6 heteroatoms. The van der Waals surface area contributed by atoms with Crippen LogP contribution in [-0.2, 0) is 6.54 Å². The van der Waals surface area contributed by atoms with Crippen LogP contribution >= 0.6 is 0 Å². The summed E-state index contributed by atoms with van der Waals surface area (Å²) in [5, 5.41) is 11.2. The van der Waals surface area contributed by atoms with Crippen LogP contribution in [-0.4, -0.2) is 29.5 Å². The topological polar surface area (TPSA) is 82.5 Å². The second-order valence-corrected chi connectivity index (χ2v) is 4.49. The molecule has 1 aromatic carbocycles. The van der Waals surface area contributed by atoms with Gasteiger partial charge < -0.3 is 10.0 Å². The number of carboxylic acid groups (broad SMARTS) is 1. The van der Waals surface area contributed by atoms with Gasteiger partial charge in [0.05, 0.1) is 5.69 Å². The van der Waals surface area contributed by atoms with Gasteiger partial charge in [0.25, 0.3) is 0 Å². The van der Waals surface area contributed by atoms with Crippen molar-refractivity contribution >= 4 is 23.9 Å². The summed E-state index contributed by atoms with van der Waals surface area (Å²) in [5.41, 5.74) is 1.50. The molecule has 0 aliphatic carbocycles. The van der Waals surface area contributed by atoms with Crippen LogP contribution in [0, 0.1) is 0 Å². The van der Waals surface area contributed by atoms with Gasteiger partial charge >= 0.3 is 6.09 Å². The largest absolute Gasteiger partial charge is 0.465 e. The van der Waals surface area contributed by atoms with E-state index in [-0.39, 0.29) is 11.3 Å². The number of pyridine rings is 1. The highest BCUT2D eigenvalue weighted by molar-refractivity contribution is 5.96. The number of amides is 1. The molecule has 1 aromatic heterocycles. The molecule has 0 fully saturated rings. The zero-order valence-electron chi connectivity index (χ0n) is 11.5. The second-order valence-electron chi connectivity index (χ2n) is 4.49. The molecule has 0 saturated carbocycles. The van der Waals surface area contributed by atoms with E-state index in [1.54, 1.807) is 11.9 Å². The molecule has 2 aromatic rings. The fourth-order valence-electron chi connectivity index (χ4n) is 2.02. The standard InChI is InChI=1S/C15H15N3O3/c1-18(9-11-5-3-2-4-6-11)14-13(17-15(20)21)12(10-19)7-8-16-14/h2-8,10,17H,9H2,1H3,(H,20,21). The minimum Gasteiger partial charge on any atom is -0.465 e. The minimum atomic E-state index is -1.24. The summed E-state index contributed by atoms with van der Waals surface area (Å²) in [6, 6.07) is 11.2. The Bertz CT molecular complexity index is 644. The average molecular weight is 285 g/mol. The van der Waals surface area contributed by atoms with Crippen LogP contribution in [0.4, 0.5) is 16.3 Å². The molecule has 108 valence electrons. The molecule has 0 atom stereocenters. The summed E-state index contributed by atoms with van der Waals surface area (Å²) in [4.78, 5) is 27.9. The van der Waals surface area contributed by atoms with Crippen molar-refractivity contribution < 1.29 is 14.7 Å². The lowest BCUT2D eigenvalue weighted by Gasteiger charge is -2.21. The van der Waals surface area contributed by atoms with E-state index in [0.29, 0.717) is 18.6 Å². The van der Waals surface area contributed by atoms with Crippen molar-refractivity contribution in [3.8, 4) is 0 Å². The van der Waals surface area contributed by atoms with Crippen molar-refractivity contribution in [2.24, 2.45) is 0 Å². The van der Waals surface area contributed by atoms with Gasteiger partial charge in [-0.3, -0.25) is 10.1 Å². The fraction of sp³-hybridized carbons (Fsp3) is 0.133. The van der Waals surface area contributed by atoms with E-state index in [9.17, 15) is 9.59 Å². The summed E-state index contributed by atoms with van der Waals surface area (Å²) in [5.74, 6) is 0.408. The summed E-state index contributed by atoms with van der Waals surface area (Å²) in [6.07, 6.45) is 0.848. The SMILES string of the molecule is CN(Cc1ccccc1)c1nccc(C=O)c1NC(=O)O. The van der Waals surface area contributed by atoms with E-state index >= 15 is 0 Å². The number of hydrogen-bond acceptors (Lipinski definition) is 4. The Labute approximate surface area is 122 Å². The van der Waals surface area contributed by atoms with Crippen LogP contribution in [0.3, 0.4) is 0 Å². The van der Waals surface area contributed by atoms with Crippen LogP contribution in [0.2, 0.25) is 0 Å². The zero-order chi connectivity index (χ0) is 15.2. The van der Waals surface area contributed by atoms with E-state index in [2.05, 4.69) is 10.3 Å². The molecule has 0 aliphatic heterocycles. The Balaban J connectivity index is 2.33. The second kappa shape index (κ2) is 6.51. The van der Waals surface area contributed by atoms with E-state index < -0.39 is 6.09 Å². The molecule has 0 radical (unpaired) electrons. The molecule has 21 heavy (non-hydrogen) atoms. The van der Waals surface area contributed by atoms with Crippen LogP contribution in [0.5, 0.6) is 0 Å². The van der Waals surface area contributed by atoms with Gasteiger partial charge in [0.1, 0.15) is 0 Å². The van der Waals surface area contributed by atoms with Gasteiger partial charge in [0.15, 0.2) is 12.1 Å². The molecule has 0 aliphatic rings. The molecule has 0 spiro atoms. The first-order chi connectivity index (χ1) is 10.1. The Morgan fingerprint density at radius 2 is 2.05 bits per heavy atom. The number of rotatable bonds is 5. The number of benzene rings is 1. The van der Waals surface area contributed by atoms with Crippen molar-refractivity contribution in [2.45, 2.75) is 6.54 Å². The summed E-state index contributed by atoms with van der Waals surface area (Å²) >= 11 is 0. The first-order valence-corrected chi connectivity index (χ1v) is 6.31. The van der Waals surface area contributed by atoms with Crippen LogP contribution in [0.15, 0.2) is 42.6 Å². The van der Waals surface area contributed by atoms with Crippen LogP contribution in [0.1, 0.15) is 15.9 Å². The molecule has 6 nitrogen and oxygen atoms in total. The highest BCUT2D eigenvalue weighted by Gasteiger charge is 2.15. The van der Waals surface area contributed by atoms with Gasteiger partial charge in [-0.05, 0) is 11.6 Å². The van der Waals surface area contributed by atoms with E-state index in [4.69, 9.17) is 5.11 Å². The Morgan fingerprint density at radius 1 is 1.33 bits per heavy atom. The minimum absolute atomic E-state index is 0.193. The number of nitrogens with zero attached hydrogens (tertiary/aromatic N) is 2. The molecule has 2 rings (SSSR count). The lowest BCUT2D eigenvalue weighted by Crippen LogP contribution is -2.21. The number of aldehydes is 1. The molecule has 0 saturated heterocycles. The van der Waals surface area contributed by atoms with Gasteiger partial charge in [0.2, 0.25) is 0 Å². The third-order valence-corrected chi connectivity index (χ3v) is 2.95. The lowest BCUT2D eigenvalue weighted by atomic mass is 10.2. The number of anilines is 2. The Morgan fingerprint density at radius 3 is 2.67 bits per heavy atom. The average Bonchev–Trinajstić information content (AvgIpc) is 2.47. The quantitative estimate of drug-likeness (QED) is 0.825. The number of carbonyl (C=O) groups excluding carboxylic acids is 1. The summed E-state index contributed by atoms with van der Waals surface area (Å²) in [6.45, 7) is 0.546. The van der Waals surface area contributed by atoms with Crippen molar-refractivity contribution in [2.75, 3.05) is 17.3 Å². The monoisotopic (exact) mass is 285 g/mol. The first kappa shape index (κ1) is 14.5. The maximum Gasteiger partial charge on any atom is 0.409 e. The third-order valence-electron chi connectivity index (χ3n) is 2.95. The normalized spacial score (nSPS) is 9.95. The number of aromatic nitrogens is 1. The van der Waals surface area contributed by atoms with Gasteiger partial charge in [-0.1, -0.05) is 30.3 Å². The van der Waals surface area contributed by atoms with Crippen molar-refractivity contribution in [3.05, 3.63) is 53.7 Å². The van der Waals surface area contributed by atoms with Crippen molar-refractivity contribution in [3.63, 3.8) is 0 Å². The molecular weight excluding hydrogens is 270 g/mol. The van der Waals surface area contributed by atoms with E-state index in [0.717, 1.165) is 5.56 Å². The Hall–Kier alpha value is -2.89. The van der Waals surface area contributed by atoms with E-state index in [1.807, 2.05) is 30.3 Å². The highest BCUT2D eigenvalue weighted by Crippen LogP contribution is 2.26. The zero-order valence-corrected chi connectivity index (χ0v) is 11.5. The molecular formula is C15H15N3O3. The number of nitrogens with one attached hydrogen (secondary N) is 1. The molecule has 1 amide bonds.